The predicted octanol–water partition coefficient (Wildman–Crippen LogP) is 0.695. The fourth-order valence-electron chi connectivity index (χ4n) is 3.66. The number of rotatable bonds is 4. The van der Waals surface area contributed by atoms with Crippen molar-refractivity contribution < 1.29 is 33.8 Å². The van der Waals surface area contributed by atoms with E-state index in [2.05, 4.69) is 15.0 Å². The van der Waals surface area contributed by atoms with Crippen molar-refractivity contribution in [1.29, 1.82) is 0 Å². The largest absolute Gasteiger partial charge is 0.508 e. The summed E-state index contributed by atoms with van der Waals surface area (Å²) in [5.41, 5.74) is 2.83. The van der Waals surface area contributed by atoms with Crippen LogP contribution in [0.3, 0.4) is 0 Å². The second-order valence-corrected chi connectivity index (χ2v) is 7.92. The zero-order valence-corrected chi connectivity index (χ0v) is 15.6. The number of imidazole rings is 2. The van der Waals surface area contributed by atoms with Gasteiger partial charge in [0.05, 0.1) is 24.0 Å². The summed E-state index contributed by atoms with van der Waals surface area (Å²) in [6.45, 7) is -0.458. The van der Waals surface area contributed by atoms with E-state index in [0.717, 1.165) is 5.52 Å². The molecule has 0 aliphatic carbocycles. The van der Waals surface area contributed by atoms with Crippen molar-refractivity contribution in [3.63, 3.8) is 0 Å². The number of phosphoric ester groups is 1. The average molecular weight is 421 g/mol. The second kappa shape index (κ2) is 6.46. The van der Waals surface area contributed by atoms with E-state index in [1.165, 1.54) is 6.33 Å². The summed E-state index contributed by atoms with van der Waals surface area (Å²) in [4.78, 5) is 31.5. The summed E-state index contributed by atoms with van der Waals surface area (Å²) < 4.78 is 25.0. The van der Waals surface area contributed by atoms with Crippen LogP contribution in [0.1, 0.15) is 12.6 Å². The third-order valence-corrected chi connectivity index (χ3v) is 5.44. The number of phenolic OH excluding ortho intramolecular Hbond substituents is 1. The van der Waals surface area contributed by atoms with Crippen LogP contribution in [-0.2, 0) is 13.8 Å². The van der Waals surface area contributed by atoms with E-state index in [0.29, 0.717) is 22.3 Å². The predicted molar refractivity (Wildman–Crippen MR) is 98.0 cm³/mol. The maximum Gasteiger partial charge on any atom is 0.469 e. The fourth-order valence-corrected chi connectivity index (χ4v) is 4.23. The first-order valence-corrected chi connectivity index (χ1v) is 10.2. The van der Waals surface area contributed by atoms with Crippen LogP contribution in [0.5, 0.6) is 5.75 Å². The fraction of sp³-hybridized carbons (Fsp3) is 0.312. The third kappa shape index (κ3) is 3.06. The molecular weight excluding hydrogens is 405 g/mol. The quantitative estimate of drug-likeness (QED) is 0.345. The van der Waals surface area contributed by atoms with Crippen molar-refractivity contribution in [2.45, 2.75) is 24.9 Å². The Morgan fingerprint density at radius 2 is 2.07 bits per heavy atom. The number of phosphoric acid groups is 1. The first-order chi connectivity index (χ1) is 13.8. The van der Waals surface area contributed by atoms with E-state index < -0.39 is 32.9 Å². The van der Waals surface area contributed by atoms with Crippen LogP contribution >= 0.6 is 7.82 Å². The van der Waals surface area contributed by atoms with Crippen molar-refractivity contribution >= 4 is 35.7 Å². The van der Waals surface area contributed by atoms with Gasteiger partial charge in [-0.3, -0.25) is 13.5 Å². The highest BCUT2D eigenvalue weighted by atomic mass is 31.2. The van der Waals surface area contributed by atoms with Gasteiger partial charge in [-0.05, 0) is 12.1 Å². The van der Waals surface area contributed by atoms with E-state index in [1.54, 1.807) is 33.5 Å². The molecule has 1 fully saturated rings. The Bertz CT molecular complexity index is 1280. The average Bonchev–Trinajstić information content (AvgIpc) is 3.33. The molecule has 0 saturated carbocycles. The lowest BCUT2D eigenvalue weighted by Gasteiger charge is -2.16. The summed E-state index contributed by atoms with van der Waals surface area (Å²) in [5, 5.41) is 19.2. The van der Waals surface area contributed by atoms with Gasteiger partial charge in [-0.1, -0.05) is 0 Å². The lowest BCUT2D eigenvalue weighted by atomic mass is 10.2. The van der Waals surface area contributed by atoms with Crippen LogP contribution in [0, 0.1) is 0 Å². The number of ether oxygens (including phenoxy) is 1. The van der Waals surface area contributed by atoms with E-state index in [4.69, 9.17) is 19.0 Å². The van der Waals surface area contributed by atoms with Gasteiger partial charge in [-0.2, -0.15) is 0 Å². The van der Waals surface area contributed by atoms with Crippen LogP contribution in [0.15, 0.2) is 30.9 Å². The lowest BCUT2D eigenvalue weighted by molar-refractivity contribution is -0.0425. The van der Waals surface area contributed by atoms with E-state index in [-0.39, 0.29) is 12.2 Å². The highest BCUT2D eigenvalue weighted by Gasteiger charge is 2.40. The van der Waals surface area contributed by atoms with E-state index >= 15 is 0 Å². The maximum atomic E-state index is 11.2. The van der Waals surface area contributed by atoms with Crippen LogP contribution < -0.4 is 0 Å². The van der Waals surface area contributed by atoms with Gasteiger partial charge >= 0.3 is 7.82 Å². The van der Waals surface area contributed by atoms with Gasteiger partial charge in [-0.25, -0.2) is 19.5 Å². The lowest BCUT2D eigenvalue weighted by Crippen LogP contribution is -2.26. The van der Waals surface area contributed by atoms with E-state index in [1.807, 2.05) is 0 Å². The smallest absolute Gasteiger partial charge is 0.469 e. The topological polar surface area (TPSA) is 164 Å². The molecule has 1 aliphatic heterocycles. The molecule has 29 heavy (non-hydrogen) atoms. The summed E-state index contributed by atoms with van der Waals surface area (Å²) in [5.74, 6) is 0.0983. The summed E-state index contributed by atoms with van der Waals surface area (Å²) in [6, 6.07) is 4.83. The molecule has 12 nitrogen and oxygen atoms in total. The van der Waals surface area contributed by atoms with Gasteiger partial charge in [0.25, 0.3) is 0 Å². The normalized spacial score (nSPS) is 22.9. The monoisotopic (exact) mass is 421 g/mol. The van der Waals surface area contributed by atoms with Crippen LogP contribution in [-0.4, -0.2) is 62.7 Å². The minimum absolute atomic E-state index is 0.0962. The van der Waals surface area contributed by atoms with Gasteiger partial charge in [-0.15, -0.1) is 0 Å². The molecule has 1 aliphatic rings. The van der Waals surface area contributed by atoms with Crippen molar-refractivity contribution in [2.24, 2.45) is 0 Å². The summed E-state index contributed by atoms with van der Waals surface area (Å²) >= 11 is 0. The molecule has 13 heteroatoms. The number of fused-ring (bicyclic) bond motifs is 5. The Balaban J connectivity index is 1.57. The van der Waals surface area contributed by atoms with Gasteiger partial charge in [0.15, 0.2) is 16.8 Å². The highest BCUT2D eigenvalue weighted by molar-refractivity contribution is 7.46. The number of aliphatic hydroxyl groups excluding tert-OH is 1. The molecule has 0 bridgehead atoms. The van der Waals surface area contributed by atoms with Gasteiger partial charge in [0.2, 0.25) is 0 Å². The maximum absolute atomic E-state index is 11.2. The highest BCUT2D eigenvalue weighted by Crippen LogP contribution is 2.44. The molecule has 4 N–H and O–H groups in total. The number of hydrogen-bond donors (Lipinski definition) is 4. The van der Waals surface area contributed by atoms with E-state index in [9.17, 15) is 14.8 Å². The Morgan fingerprint density at radius 3 is 2.83 bits per heavy atom. The van der Waals surface area contributed by atoms with Crippen LogP contribution in [0.4, 0.5) is 0 Å². The SMILES string of the molecule is O=P(O)(O)O[C@H]1C[C@H](n2cnc3c2ncn2c4ccc(O)cc4nc32)O[C@@H]1CO. The van der Waals surface area contributed by atoms with Gasteiger partial charge in [0.1, 0.15) is 30.5 Å². The first-order valence-electron chi connectivity index (χ1n) is 8.66. The minimum Gasteiger partial charge on any atom is -0.508 e. The minimum atomic E-state index is -4.74. The van der Waals surface area contributed by atoms with Crippen LogP contribution in [0.25, 0.3) is 27.8 Å². The molecule has 5 rings (SSSR count). The van der Waals surface area contributed by atoms with Crippen LogP contribution in [0.2, 0.25) is 0 Å². The second-order valence-electron chi connectivity index (χ2n) is 6.73. The number of nitrogens with zero attached hydrogens (tertiary/aromatic N) is 5. The Hall–Kier alpha value is -2.60. The number of aromatic hydroxyl groups is 1. The number of aromatic nitrogens is 5. The zero-order chi connectivity index (χ0) is 20.3. The molecule has 0 spiro atoms. The number of hydrogen-bond acceptors (Lipinski definition) is 8. The third-order valence-electron chi connectivity index (χ3n) is 4.89. The molecule has 1 saturated heterocycles. The molecule has 152 valence electrons. The Kier molecular flexibility index (Phi) is 4.10. The zero-order valence-electron chi connectivity index (χ0n) is 14.7. The molecule has 1 aromatic carbocycles. The van der Waals surface area contributed by atoms with Crippen molar-refractivity contribution in [2.75, 3.05) is 6.61 Å². The van der Waals surface area contributed by atoms with Gasteiger partial charge < -0.3 is 24.7 Å². The molecule has 3 atom stereocenters. The molecule has 0 unspecified atom stereocenters. The van der Waals surface area contributed by atoms with Crippen molar-refractivity contribution in [1.82, 2.24) is 23.9 Å². The molecule has 0 radical (unpaired) electrons. The van der Waals surface area contributed by atoms with Gasteiger partial charge in [0, 0.05) is 12.5 Å². The molecular formula is C16H16N5O7P. The Morgan fingerprint density at radius 1 is 1.24 bits per heavy atom. The number of phenols is 1. The first kappa shape index (κ1) is 18.4. The molecule has 3 aromatic heterocycles. The molecule has 4 aromatic rings. The summed E-state index contributed by atoms with van der Waals surface area (Å²) in [6.07, 6.45) is 0.600. The van der Waals surface area contributed by atoms with Crippen molar-refractivity contribution in [3.05, 3.63) is 30.9 Å². The molecule has 4 heterocycles. The summed E-state index contributed by atoms with van der Waals surface area (Å²) in [7, 11) is -4.74. The molecule has 0 amide bonds. The standard InChI is InChI=1S/C16H16N5O7P/c22-5-12-11(28-29(24,25)26)4-13(27-12)21-6-17-14-15(21)18-7-20-10-2-1-8(23)3-9(10)19-16(14)20/h1-3,6-7,11-13,22-23H,4-5H2,(H2,24,25,26)/t11-,12+,13+/m0/s1. The number of aliphatic hydroxyl groups is 1. The van der Waals surface area contributed by atoms with Crippen molar-refractivity contribution in [3.8, 4) is 5.75 Å². The number of benzene rings is 1. The Labute approximate surface area is 162 Å².